The number of nitrogens with one attached hydrogen (secondary N) is 1. The third kappa shape index (κ3) is 5.54. The number of aliphatic hydroxyl groups excluding tert-OH is 1. The van der Waals surface area contributed by atoms with E-state index in [9.17, 15) is 32.7 Å². The Morgan fingerprint density at radius 3 is 2.04 bits per heavy atom. The van der Waals surface area contributed by atoms with E-state index in [0.717, 1.165) is 12.1 Å². The van der Waals surface area contributed by atoms with E-state index < -0.39 is 54.6 Å². The number of carboxylic acids is 2. The van der Waals surface area contributed by atoms with Gasteiger partial charge in [0.05, 0.1) is 5.56 Å². The van der Waals surface area contributed by atoms with Crippen LogP contribution >= 0.6 is 0 Å². The van der Waals surface area contributed by atoms with Crippen LogP contribution in [0.5, 0.6) is 0 Å². The summed E-state index contributed by atoms with van der Waals surface area (Å²) in [6.45, 7) is 0. The van der Waals surface area contributed by atoms with Crippen LogP contribution in [0.4, 0.5) is 13.2 Å². The van der Waals surface area contributed by atoms with Crippen LogP contribution in [-0.4, -0.2) is 39.2 Å². The number of aliphatic hydroxyl groups is 1. The maximum absolute atomic E-state index is 12.4. The number of aliphatic carboxylic acids is 2. The lowest BCUT2D eigenvalue weighted by molar-refractivity contribution is -0.144. The number of hydrogen-bond acceptors (Lipinski definition) is 4. The standard InChI is InChI=1S/C14H14F3NO6/c15-14(16,17)8-3-1-7(2-4-8)11(21)12(22)18-9(13(23)24)5-6-10(19)20/h1-4,9,11,21H,5-6H2,(H,18,22)(H,19,20)(H,23,24)/t9-,11-/m1/s1. The fourth-order valence-electron chi connectivity index (χ4n) is 1.78. The Labute approximate surface area is 133 Å². The first-order chi connectivity index (χ1) is 11.0. The van der Waals surface area contributed by atoms with Gasteiger partial charge < -0.3 is 20.6 Å². The summed E-state index contributed by atoms with van der Waals surface area (Å²) in [5.74, 6) is -3.92. The Morgan fingerprint density at radius 1 is 1.08 bits per heavy atom. The summed E-state index contributed by atoms with van der Waals surface area (Å²) in [4.78, 5) is 33.2. The van der Waals surface area contributed by atoms with Gasteiger partial charge in [-0.05, 0) is 24.1 Å². The fourth-order valence-corrected chi connectivity index (χ4v) is 1.78. The second kappa shape index (κ2) is 7.77. The SMILES string of the molecule is O=C(O)CC[C@@H](NC(=O)[C@H](O)c1ccc(C(F)(F)F)cc1)C(=O)O. The van der Waals surface area contributed by atoms with Gasteiger partial charge in [-0.1, -0.05) is 12.1 Å². The highest BCUT2D eigenvalue weighted by atomic mass is 19.4. The number of hydrogen-bond donors (Lipinski definition) is 4. The molecule has 0 fully saturated rings. The minimum atomic E-state index is -4.57. The number of benzene rings is 1. The summed E-state index contributed by atoms with van der Waals surface area (Å²) in [5, 5.41) is 29.1. The lowest BCUT2D eigenvalue weighted by Crippen LogP contribution is -2.43. The highest BCUT2D eigenvalue weighted by molar-refractivity contribution is 5.87. The summed E-state index contributed by atoms with van der Waals surface area (Å²) < 4.78 is 37.3. The number of halogens is 3. The van der Waals surface area contributed by atoms with Crippen molar-refractivity contribution in [3.05, 3.63) is 35.4 Å². The van der Waals surface area contributed by atoms with E-state index >= 15 is 0 Å². The van der Waals surface area contributed by atoms with Crippen LogP contribution in [0.2, 0.25) is 0 Å². The molecule has 1 aromatic rings. The average Bonchev–Trinajstić information content (AvgIpc) is 2.49. The highest BCUT2D eigenvalue weighted by Gasteiger charge is 2.31. The van der Waals surface area contributed by atoms with Crippen molar-refractivity contribution in [2.24, 2.45) is 0 Å². The summed E-state index contributed by atoms with van der Waals surface area (Å²) in [7, 11) is 0. The first kappa shape index (κ1) is 19.4. The van der Waals surface area contributed by atoms with E-state index in [1.807, 2.05) is 5.32 Å². The molecule has 0 saturated carbocycles. The van der Waals surface area contributed by atoms with E-state index in [2.05, 4.69) is 0 Å². The van der Waals surface area contributed by atoms with Gasteiger partial charge in [0.1, 0.15) is 6.04 Å². The second-order valence-corrected chi connectivity index (χ2v) is 4.85. The van der Waals surface area contributed by atoms with Crippen LogP contribution in [0.3, 0.4) is 0 Å². The predicted molar refractivity (Wildman–Crippen MR) is 72.8 cm³/mol. The largest absolute Gasteiger partial charge is 0.481 e. The first-order valence-electron chi connectivity index (χ1n) is 6.62. The van der Waals surface area contributed by atoms with Crippen molar-refractivity contribution in [1.82, 2.24) is 5.32 Å². The molecule has 1 aromatic carbocycles. The molecule has 0 aliphatic rings. The molecule has 4 N–H and O–H groups in total. The molecule has 0 aromatic heterocycles. The van der Waals surface area contributed by atoms with Gasteiger partial charge in [0, 0.05) is 6.42 Å². The van der Waals surface area contributed by atoms with Crippen LogP contribution in [-0.2, 0) is 20.6 Å². The lowest BCUT2D eigenvalue weighted by atomic mass is 10.1. The molecular weight excluding hydrogens is 335 g/mol. The monoisotopic (exact) mass is 349 g/mol. The molecule has 0 aliphatic heterocycles. The Morgan fingerprint density at radius 2 is 1.62 bits per heavy atom. The van der Waals surface area contributed by atoms with Gasteiger partial charge in [0.25, 0.3) is 5.91 Å². The van der Waals surface area contributed by atoms with Gasteiger partial charge in [0.15, 0.2) is 6.10 Å². The number of carboxylic acid groups (broad SMARTS) is 2. The molecular formula is C14H14F3NO6. The third-order valence-electron chi connectivity index (χ3n) is 3.06. The fraction of sp³-hybridized carbons (Fsp3) is 0.357. The third-order valence-corrected chi connectivity index (χ3v) is 3.06. The van der Waals surface area contributed by atoms with Crippen molar-refractivity contribution in [2.45, 2.75) is 31.2 Å². The number of amides is 1. The van der Waals surface area contributed by atoms with Crippen molar-refractivity contribution < 1.29 is 42.9 Å². The van der Waals surface area contributed by atoms with Gasteiger partial charge in [0.2, 0.25) is 0 Å². The molecule has 0 aliphatic carbocycles. The minimum absolute atomic E-state index is 0.164. The van der Waals surface area contributed by atoms with E-state index in [0.29, 0.717) is 12.1 Å². The zero-order valence-electron chi connectivity index (χ0n) is 12.1. The van der Waals surface area contributed by atoms with Gasteiger partial charge >= 0.3 is 18.1 Å². The van der Waals surface area contributed by atoms with Gasteiger partial charge in [-0.2, -0.15) is 13.2 Å². The van der Waals surface area contributed by atoms with Gasteiger partial charge in [-0.3, -0.25) is 9.59 Å². The van der Waals surface area contributed by atoms with Crippen molar-refractivity contribution in [2.75, 3.05) is 0 Å². The van der Waals surface area contributed by atoms with Crippen molar-refractivity contribution >= 4 is 17.8 Å². The first-order valence-corrected chi connectivity index (χ1v) is 6.62. The van der Waals surface area contributed by atoms with Crippen LogP contribution in [0.1, 0.15) is 30.1 Å². The topological polar surface area (TPSA) is 124 Å². The maximum atomic E-state index is 12.4. The van der Waals surface area contributed by atoms with Crippen LogP contribution in [0, 0.1) is 0 Å². The second-order valence-electron chi connectivity index (χ2n) is 4.85. The quantitative estimate of drug-likeness (QED) is 0.586. The average molecular weight is 349 g/mol. The summed E-state index contributed by atoms with van der Waals surface area (Å²) in [6.07, 6.45) is -7.39. The normalized spacial score (nSPS) is 13.8. The Kier molecular flexibility index (Phi) is 6.29. The molecule has 0 heterocycles. The van der Waals surface area contributed by atoms with Crippen molar-refractivity contribution in [3.63, 3.8) is 0 Å². The smallest absolute Gasteiger partial charge is 0.416 e. The lowest BCUT2D eigenvalue weighted by Gasteiger charge is -2.17. The van der Waals surface area contributed by atoms with E-state index in [-0.39, 0.29) is 5.56 Å². The summed E-state index contributed by atoms with van der Waals surface area (Å²) >= 11 is 0. The summed E-state index contributed by atoms with van der Waals surface area (Å²) in [6, 6.07) is 1.58. The minimum Gasteiger partial charge on any atom is -0.481 e. The van der Waals surface area contributed by atoms with Crippen molar-refractivity contribution in [1.29, 1.82) is 0 Å². The molecule has 24 heavy (non-hydrogen) atoms. The van der Waals surface area contributed by atoms with Gasteiger partial charge in [-0.15, -0.1) is 0 Å². The molecule has 0 radical (unpaired) electrons. The molecule has 0 spiro atoms. The molecule has 2 atom stereocenters. The molecule has 7 nitrogen and oxygen atoms in total. The van der Waals surface area contributed by atoms with Crippen LogP contribution in [0.15, 0.2) is 24.3 Å². The summed E-state index contributed by atoms with van der Waals surface area (Å²) in [5.41, 5.74) is -1.13. The van der Waals surface area contributed by atoms with E-state index in [1.54, 1.807) is 0 Å². The van der Waals surface area contributed by atoms with E-state index in [4.69, 9.17) is 10.2 Å². The number of alkyl halides is 3. The van der Waals surface area contributed by atoms with E-state index in [1.165, 1.54) is 0 Å². The Hall–Kier alpha value is -2.62. The number of rotatable bonds is 7. The number of carbonyl (C=O) groups excluding carboxylic acids is 1. The Balaban J connectivity index is 2.78. The predicted octanol–water partition coefficient (Wildman–Crippen LogP) is 1.17. The molecule has 0 unspecified atom stereocenters. The molecule has 0 bridgehead atoms. The Bertz CT molecular complexity index is 614. The maximum Gasteiger partial charge on any atom is 0.416 e. The number of carbonyl (C=O) groups is 3. The van der Waals surface area contributed by atoms with Crippen LogP contribution in [0.25, 0.3) is 0 Å². The molecule has 10 heteroatoms. The molecule has 132 valence electrons. The van der Waals surface area contributed by atoms with Crippen molar-refractivity contribution in [3.8, 4) is 0 Å². The van der Waals surface area contributed by atoms with Gasteiger partial charge in [-0.25, -0.2) is 4.79 Å². The molecule has 1 rings (SSSR count). The highest BCUT2D eigenvalue weighted by Crippen LogP contribution is 2.29. The molecule has 1 amide bonds. The molecule has 0 saturated heterocycles. The van der Waals surface area contributed by atoms with Crippen LogP contribution < -0.4 is 5.32 Å². The zero-order valence-corrected chi connectivity index (χ0v) is 12.1. The zero-order chi connectivity index (χ0) is 18.5.